The van der Waals surface area contributed by atoms with E-state index in [9.17, 15) is 0 Å². The Morgan fingerprint density at radius 2 is 1.87 bits per heavy atom. The lowest BCUT2D eigenvalue weighted by molar-refractivity contribution is 0.121. The number of halogens is 1. The highest BCUT2D eigenvalue weighted by molar-refractivity contribution is 7.98. The second kappa shape index (κ2) is 8.90. The van der Waals surface area contributed by atoms with E-state index in [0.29, 0.717) is 10.8 Å². The number of morpholine rings is 1. The molecule has 0 atom stereocenters. The van der Waals surface area contributed by atoms with Gasteiger partial charge in [-0.3, -0.25) is 4.57 Å². The highest BCUT2D eigenvalue weighted by atomic mass is 35.5. The van der Waals surface area contributed by atoms with E-state index in [1.807, 2.05) is 31.3 Å². The van der Waals surface area contributed by atoms with Gasteiger partial charge >= 0.3 is 0 Å². The van der Waals surface area contributed by atoms with Crippen LogP contribution in [-0.2, 0) is 24.1 Å². The van der Waals surface area contributed by atoms with Crippen LogP contribution < -0.4 is 4.90 Å². The number of nitrogens with zero attached hydrogens (tertiary/aromatic N) is 6. The van der Waals surface area contributed by atoms with E-state index in [4.69, 9.17) is 21.3 Å². The standard InChI is InChI=1S/C22H23ClN6OS/c1-27-21(28-9-11-30-12-10-28)25-26-22(27)31-15-20-24-18-13-17(23)7-8-19(18)29(20)14-16-5-3-2-4-6-16/h2-8,13H,9-12,14-15H2,1H3. The molecule has 1 aliphatic heterocycles. The normalized spacial score (nSPS) is 14.5. The minimum atomic E-state index is 0.689. The summed E-state index contributed by atoms with van der Waals surface area (Å²) >= 11 is 7.87. The number of rotatable bonds is 6. The van der Waals surface area contributed by atoms with Gasteiger partial charge < -0.3 is 14.2 Å². The molecule has 1 aliphatic rings. The number of thioether (sulfide) groups is 1. The van der Waals surface area contributed by atoms with Crippen LogP contribution in [0.15, 0.2) is 53.7 Å². The van der Waals surface area contributed by atoms with Crippen molar-refractivity contribution < 1.29 is 4.74 Å². The first-order valence-corrected chi connectivity index (χ1v) is 11.6. The molecule has 2 aromatic carbocycles. The Hall–Kier alpha value is -2.55. The number of hydrogen-bond donors (Lipinski definition) is 0. The fourth-order valence-electron chi connectivity index (χ4n) is 3.81. The molecule has 0 bridgehead atoms. The van der Waals surface area contributed by atoms with Gasteiger partial charge in [0.1, 0.15) is 5.82 Å². The van der Waals surface area contributed by atoms with Gasteiger partial charge in [-0.2, -0.15) is 0 Å². The lowest BCUT2D eigenvalue weighted by Gasteiger charge is -2.27. The highest BCUT2D eigenvalue weighted by Crippen LogP contribution is 2.28. The Morgan fingerprint density at radius 1 is 1.06 bits per heavy atom. The van der Waals surface area contributed by atoms with Crippen molar-refractivity contribution in [2.45, 2.75) is 17.5 Å². The van der Waals surface area contributed by atoms with Crippen molar-refractivity contribution in [3.63, 3.8) is 0 Å². The molecule has 2 aromatic heterocycles. The van der Waals surface area contributed by atoms with Crippen LogP contribution in [0.1, 0.15) is 11.4 Å². The molecule has 31 heavy (non-hydrogen) atoms. The van der Waals surface area contributed by atoms with Gasteiger partial charge in [0.15, 0.2) is 5.16 Å². The Kier molecular flexibility index (Phi) is 5.85. The molecule has 9 heteroatoms. The molecule has 160 valence electrons. The maximum atomic E-state index is 6.22. The molecule has 0 saturated carbocycles. The van der Waals surface area contributed by atoms with Crippen LogP contribution in [0.2, 0.25) is 5.02 Å². The summed E-state index contributed by atoms with van der Waals surface area (Å²) in [5.41, 5.74) is 3.22. The molecule has 0 unspecified atom stereocenters. The number of anilines is 1. The molecule has 0 amide bonds. The zero-order valence-corrected chi connectivity index (χ0v) is 18.8. The smallest absolute Gasteiger partial charge is 0.227 e. The van der Waals surface area contributed by atoms with E-state index in [1.54, 1.807) is 11.8 Å². The quantitative estimate of drug-likeness (QED) is 0.410. The van der Waals surface area contributed by atoms with Crippen LogP contribution >= 0.6 is 23.4 Å². The fourth-order valence-corrected chi connectivity index (χ4v) is 4.82. The number of benzene rings is 2. The highest BCUT2D eigenvalue weighted by Gasteiger charge is 2.19. The van der Waals surface area contributed by atoms with Crippen LogP contribution in [0, 0.1) is 0 Å². The second-order valence-corrected chi connectivity index (χ2v) is 8.84. The van der Waals surface area contributed by atoms with Gasteiger partial charge in [-0.1, -0.05) is 53.7 Å². The summed E-state index contributed by atoms with van der Waals surface area (Å²) < 4.78 is 9.76. The fraction of sp³-hybridized carbons (Fsp3) is 0.318. The minimum Gasteiger partial charge on any atom is -0.378 e. The lowest BCUT2D eigenvalue weighted by Crippen LogP contribution is -2.37. The average molecular weight is 455 g/mol. The van der Waals surface area contributed by atoms with E-state index in [0.717, 1.165) is 60.8 Å². The molecule has 0 radical (unpaired) electrons. The van der Waals surface area contributed by atoms with Crippen molar-refractivity contribution >= 4 is 40.3 Å². The summed E-state index contributed by atoms with van der Waals surface area (Å²) in [5.74, 6) is 2.56. The Balaban J connectivity index is 1.41. The molecular formula is C22H23ClN6OS. The van der Waals surface area contributed by atoms with Crippen LogP contribution in [0.4, 0.5) is 5.95 Å². The third-order valence-corrected chi connectivity index (χ3v) is 6.66. The van der Waals surface area contributed by atoms with Crippen molar-refractivity contribution in [3.05, 3.63) is 64.9 Å². The van der Waals surface area contributed by atoms with Gasteiger partial charge in [0, 0.05) is 31.7 Å². The number of imidazole rings is 1. The van der Waals surface area contributed by atoms with Crippen LogP contribution in [-0.4, -0.2) is 50.6 Å². The Bertz CT molecular complexity index is 1190. The van der Waals surface area contributed by atoms with Gasteiger partial charge in [-0.15, -0.1) is 10.2 Å². The van der Waals surface area contributed by atoms with Gasteiger partial charge in [0.25, 0.3) is 0 Å². The van der Waals surface area contributed by atoms with Gasteiger partial charge in [0.2, 0.25) is 5.95 Å². The van der Waals surface area contributed by atoms with E-state index in [-0.39, 0.29) is 0 Å². The van der Waals surface area contributed by atoms with E-state index in [2.05, 4.69) is 48.5 Å². The molecule has 7 nitrogen and oxygen atoms in total. The van der Waals surface area contributed by atoms with Crippen molar-refractivity contribution in [1.82, 2.24) is 24.3 Å². The summed E-state index contributed by atoms with van der Waals surface area (Å²) in [6.45, 7) is 3.88. The molecular weight excluding hydrogens is 432 g/mol. The molecule has 0 spiro atoms. The van der Waals surface area contributed by atoms with Gasteiger partial charge in [-0.25, -0.2) is 4.98 Å². The molecule has 1 saturated heterocycles. The third-order valence-electron chi connectivity index (χ3n) is 5.41. The van der Waals surface area contributed by atoms with Crippen molar-refractivity contribution in [2.75, 3.05) is 31.2 Å². The Morgan fingerprint density at radius 3 is 2.68 bits per heavy atom. The monoisotopic (exact) mass is 454 g/mol. The first kappa shape index (κ1) is 20.4. The summed E-state index contributed by atoms with van der Waals surface area (Å²) in [4.78, 5) is 7.10. The summed E-state index contributed by atoms with van der Waals surface area (Å²) in [7, 11) is 2.01. The first-order valence-electron chi connectivity index (χ1n) is 10.2. The number of hydrogen-bond acceptors (Lipinski definition) is 6. The van der Waals surface area contributed by atoms with E-state index >= 15 is 0 Å². The van der Waals surface area contributed by atoms with E-state index < -0.39 is 0 Å². The predicted molar refractivity (Wildman–Crippen MR) is 124 cm³/mol. The summed E-state index contributed by atoms with van der Waals surface area (Å²) in [5, 5.41) is 10.4. The first-order chi connectivity index (χ1) is 15.2. The molecule has 0 aliphatic carbocycles. The second-order valence-electron chi connectivity index (χ2n) is 7.46. The molecule has 0 N–H and O–H groups in total. The average Bonchev–Trinajstić information content (AvgIpc) is 3.33. The topological polar surface area (TPSA) is 61.0 Å². The van der Waals surface area contributed by atoms with Crippen molar-refractivity contribution in [3.8, 4) is 0 Å². The zero-order chi connectivity index (χ0) is 21.2. The lowest BCUT2D eigenvalue weighted by atomic mass is 10.2. The molecule has 4 aromatic rings. The largest absolute Gasteiger partial charge is 0.378 e. The van der Waals surface area contributed by atoms with Crippen molar-refractivity contribution in [1.29, 1.82) is 0 Å². The predicted octanol–water partition coefficient (Wildman–Crippen LogP) is 4.00. The van der Waals surface area contributed by atoms with E-state index in [1.165, 1.54) is 5.56 Å². The van der Waals surface area contributed by atoms with Gasteiger partial charge in [0.05, 0.1) is 30.0 Å². The third kappa shape index (κ3) is 4.28. The van der Waals surface area contributed by atoms with Crippen LogP contribution in [0.3, 0.4) is 0 Å². The Labute approximate surface area is 190 Å². The minimum absolute atomic E-state index is 0.689. The molecule has 1 fully saturated rings. The maximum Gasteiger partial charge on any atom is 0.227 e. The zero-order valence-electron chi connectivity index (χ0n) is 17.2. The summed E-state index contributed by atoms with van der Waals surface area (Å²) in [6.07, 6.45) is 0. The SMILES string of the molecule is Cn1c(SCc2nc3cc(Cl)ccc3n2Cc2ccccc2)nnc1N1CCOCC1. The summed E-state index contributed by atoms with van der Waals surface area (Å²) in [6, 6.07) is 16.3. The maximum absolute atomic E-state index is 6.22. The number of ether oxygens (including phenoxy) is 1. The number of aromatic nitrogens is 5. The van der Waals surface area contributed by atoms with Crippen LogP contribution in [0.25, 0.3) is 11.0 Å². The van der Waals surface area contributed by atoms with Crippen molar-refractivity contribution in [2.24, 2.45) is 7.05 Å². The molecule has 5 rings (SSSR count). The van der Waals surface area contributed by atoms with Gasteiger partial charge in [-0.05, 0) is 23.8 Å². The molecule has 3 heterocycles. The number of fused-ring (bicyclic) bond motifs is 1. The van der Waals surface area contributed by atoms with Crippen LogP contribution in [0.5, 0.6) is 0 Å².